The normalized spacial score (nSPS) is 29.9. The monoisotopic (exact) mass is 302 g/mol. The number of nitrogens with one attached hydrogen (secondary N) is 1. The quantitative estimate of drug-likeness (QED) is 0.908. The van der Waals surface area contributed by atoms with Crippen LogP contribution in [0.4, 0.5) is 0 Å². The van der Waals surface area contributed by atoms with Gasteiger partial charge in [0.15, 0.2) is 0 Å². The topological polar surface area (TPSA) is 67.2 Å². The number of amides is 2. The third-order valence-corrected chi connectivity index (χ3v) is 5.57. The van der Waals surface area contributed by atoms with Crippen molar-refractivity contribution in [2.24, 2.45) is 5.92 Å². The van der Waals surface area contributed by atoms with Crippen LogP contribution in [0, 0.1) is 5.92 Å². The van der Waals surface area contributed by atoms with E-state index in [9.17, 15) is 9.59 Å². The van der Waals surface area contributed by atoms with Crippen molar-refractivity contribution in [2.45, 2.75) is 57.2 Å². The van der Waals surface area contributed by atoms with E-state index >= 15 is 0 Å². The Balaban J connectivity index is 1.56. The number of piperidine rings is 1. The number of likely N-dealkylation sites (tertiary alicyclic amines) is 1. The SMILES string of the molecule is CCn1nccc1C(=O)N1CCC2CC21C(=O)NC1CCC1. The number of carbonyl (C=O) groups excluding carboxylic acids is 2. The van der Waals surface area contributed by atoms with Gasteiger partial charge in [0.05, 0.1) is 0 Å². The molecular weight excluding hydrogens is 280 g/mol. The lowest BCUT2D eigenvalue weighted by molar-refractivity contribution is -0.128. The smallest absolute Gasteiger partial charge is 0.273 e. The average Bonchev–Trinajstić information content (AvgIpc) is 2.87. The van der Waals surface area contributed by atoms with Crippen LogP contribution in [0.5, 0.6) is 0 Å². The molecule has 22 heavy (non-hydrogen) atoms. The summed E-state index contributed by atoms with van der Waals surface area (Å²) in [7, 11) is 0. The third kappa shape index (κ3) is 1.82. The predicted molar refractivity (Wildman–Crippen MR) is 80.2 cm³/mol. The number of carbonyl (C=O) groups is 2. The van der Waals surface area contributed by atoms with Crippen molar-refractivity contribution in [3.63, 3.8) is 0 Å². The van der Waals surface area contributed by atoms with Crippen LogP contribution in [0.2, 0.25) is 0 Å². The Morgan fingerprint density at radius 3 is 2.86 bits per heavy atom. The summed E-state index contributed by atoms with van der Waals surface area (Å²) in [4.78, 5) is 27.4. The minimum absolute atomic E-state index is 0.0527. The number of nitrogens with zero attached hydrogens (tertiary/aromatic N) is 3. The summed E-state index contributed by atoms with van der Waals surface area (Å²) < 4.78 is 1.70. The second-order valence-electron chi connectivity index (χ2n) is 6.70. The number of aromatic nitrogens is 2. The molecule has 2 amide bonds. The zero-order valence-corrected chi connectivity index (χ0v) is 12.9. The van der Waals surface area contributed by atoms with E-state index in [1.807, 2.05) is 6.92 Å². The van der Waals surface area contributed by atoms with Crippen LogP contribution in [0.3, 0.4) is 0 Å². The van der Waals surface area contributed by atoms with Gasteiger partial charge in [0.25, 0.3) is 5.91 Å². The van der Waals surface area contributed by atoms with Crippen LogP contribution in [-0.4, -0.2) is 44.6 Å². The molecule has 0 aromatic carbocycles. The molecule has 2 saturated carbocycles. The van der Waals surface area contributed by atoms with Crippen LogP contribution in [-0.2, 0) is 11.3 Å². The number of aryl methyl sites for hydroxylation is 1. The van der Waals surface area contributed by atoms with Gasteiger partial charge in [0.1, 0.15) is 11.2 Å². The van der Waals surface area contributed by atoms with Gasteiger partial charge in [0, 0.05) is 25.3 Å². The van der Waals surface area contributed by atoms with Crippen molar-refractivity contribution in [3.8, 4) is 0 Å². The molecule has 3 aliphatic rings. The van der Waals surface area contributed by atoms with Crippen LogP contribution < -0.4 is 5.32 Å². The van der Waals surface area contributed by atoms with Gasteiger partial charge in [-0.3, -0.25) is 14.3 Å². The lowest BCUT2D eigenvalue weighted by Crippen LogP contribution is -2.54. The van der Waals surface area contributed by atoms with Gasteiger partial charge >= 0.3 is 0 Å². The Morgan fingerprint density at radius 1 is 1.41 bits per heavy atom. The fourth-order valence-corrected chi connectivity index (χ4v) is 3.92. The highest BCUT2D eigenvalue weighted by Crippen LogP contribution is 2.56. The standard InChI is InChI=1S/C16H22N4O2/c1-2-20-13(6-8-17-20)14(21)19-9-7-11-10-16(11,19)15(22)18-12-4-3-5-12/h6,8,11-12H,2-5,7,9-10H2,1H3,(H,18,22). The van der Waals surface area contributed by atoms with E-state index in [0.717, 1.165) is 25.7 Å². The lowest BCUT2D eigenvalue weighted by atomic mass is 9.92. The van der Waals surface area contributed by atoms with Crippen molar-refractivity contribution in [1.29, 1.82) is 0 Å². The first-order valence-corrected chi connectivity index (χ1v) is 8.31. The highest BCUT2D eigenvalue weighted by molar-refractivity contribution is 6.01. The minimum atomic E-state index is -0.574. The fraction of sp³-hybridized carbons (Fsp3) is 0.688. The molecule has 1 aromatic heterocycles. The molecule has 2 heterocycles. The van der Waals surface area contributed by atoms with E-state index in [4.69, 9.17) is 0 Å². The fourth-order valence-electron chi connectivity index (χ4n) is 3.92. The zero-order valence-electron chi connectivity index (χ0n) is 12.9. The van der Waals surface area contributed by atoms with Crippen molar-refractivity contribution < 1.29 is 9.59 Å². The average molecular weight is 302 g/mol. The molecule has 0 radical (unpaired) electrons. The second-order valence-corrected chi connectivity index (χ2v) is 6.70. The Bertz CT molecular complexity index is 621. The Kier molecular flexibility index (Phi) is 3.03. The Hall–Kier alpha value is -1.85. The van der Waals surface area contributed by atoms with Crippen molar-refractivity contribution in [3.05, 3.63) is 18.0 Å². The van der Waals surface area contributed by atoms with Gasteiger partial charge in [-0.2, -0.15) is 5.10 Å². The van der Waals surface area contributed by atoms with Crippen molar-refractivity contribution in [1.82, 2.24) is 20.0 Å². The highest BCUT2D eigenvalue weighted by atomic mass is 16.2. The van der Waals surface area contributed by atoms with E-state index < -0.39 is 5.54 Å². The van der Waals surface area contributed by atoms with Gasteiger partial charge in [-0.25, -0.2) is 0 Å². The molecule has 1 aromatic rings. The molecule has 1 aliphatic heterocycles. The maximum absolute atomic E-state index is 12.9. The van der Waals surface area contributed by atoms with Gasteiger partial charge in [-0.15, -0.1) is 0 Å². The van der Waals surface area contributed by atoms with Crippen molar-refractivity contribution >= 4 is 11.8 Å². The minimum Gasteiger partial charge on any atom is -0.351 e. The summed E-state index contributed by atoms with van der Waals surface area (Å²) in [6, 6.07) is 2.07. The predicted octanol–water partition coefficient (Wildman–Crippen LogP) is 1.18. The highest BCUT2D eigenvalue weighted by Gasteiger charge is 2.68. The molecule has 2 unspecified atom stereocenters. The largest absolute Gasteiger partial charge is 0.351 e. The van der Waals surface area contributed by atoms with E-state index in [1.165, 1.54) is 6.42 Å². The van der Waals surface area contributed by atoms with Crippen LogP contribution in [0.15, 0.2) is 12.3 Å². The molecule has 2 atom stereocenters. The second kappa shape index (κ2) is 4.83. The number of hydrogen-bond acceptors (Lipinski definition) is 3. The van der Waals surface area contributed by atoms with E-state index in [2.05, 4.69) is 10.4 Å². The molecule has 0 spiro atoms. The maximum Gasteiger partial charge on any atom is 0.273 e. The third-order valence-electron chi connectivity index (χ3n) is 5.57. The van der Waals surface area contributed by atoms with E-state index in [1.54, 1.807) is 21.8 Å². The van der Waals surface area contributed by atoms with Gasteiger partial charge in [0.2, 0.25) is 5.91 Å². The number of rotatable bonds is 4. The van der Waals surface area contributed by atoms with Gasteiger partial charge in [-0.05, 0) is 51.0 Å². The molecule has 118 valence electrons. The molecule has 3 fully saturated rings. The first-order valence-electron chi connectivity index (χ1n) is 8.31. The van der Waals surface area contributed by atoms with Crippen LogP contribution in [0.1, 0.15) is 49.5 Å². The van der Waals surface area contributed by atoms with E-state index in [-0.39, 0.29) is 11.8 Å². The van der Waals surface area contributed by atoms with Crippen LogP contribution >= 0.6 is 0 Å². The number of fused-ring (bicyclic) bond motifs is 1. The molecule has 1 N–H and O–H groups in total. The molecule has 4 rings (SSSR count). The molecule has 0 bridgehead atoms. The molecule has 2 aliphatic carbocycles. The van der Waals surface area contributed by atoms with Crippen molar-refractivity contribution in [2.75, 3.05) is 6.54 Å². The summed E-state index contributed by atoms with van der Waals surface area (Å²) in [5, 5.41) is 7.32. The summed E-state index contributed by atoms with van der Waals surface area (Å²) in [5.41, 5.74) is 0.0149. The lowest BCUT2D eigenvalue weighted by Gasteiger charge is -2.32. The summed E-state index contributed by atoms with van der Waals surface area (Å²) >= 11 is 0. The first-order chi connectivity index (χ1) is 10.7. The van der Waals surface area contributed by atoms with Gasteiger partial charge in [-0.1, -0.05) is 0 Å². The molecule has 6 nitrogen and oxygen atoms in total. The van der Waals surface area contributed by atoms with Gasteiger partial charge < -0.3 is 10.2 Å². The Morgan fingerprint density at radius 2 is 2.23 bits per heavy atom. The van der Waals surface area contributed by atoms with E-state index in [0.29, 0.717) is 30.7 Å². The molecular formula is C16H22N4O2. The maximum atomic E-state index is 12.9. The summed E-state index contributed by atoms with van der Waals surface area (Å²) in [6.07, 6.45) is 6.74. The molecule has 1 saturated heterocycles. The first kappa shape index (κ1) is 13.8. The molecule has 6 heteroatoms. The zero-order chi connectivity index (χ0) is 15.3. The Labute approximate surface area is 129 Å². The summed E-state index contributed by atoms with van der Waals surface area (Å²) in [6.45, 7) is 3.30. The van der Waals surface area contributed by atoms with Crippen LogP contribution in [0.25, 0.3) is 0 Å². The number of hydrogen-bond donors (Lipinski definition) is 1. The summed E-state index contributed by atoms with van der Waals surface area (Å²) in [5.74, 6) is 0.355.